The monoisotopic (exact) mass is 208 g/mol. The van der Waals surface area contributed by atoms with Crippen LogP contribution in [0.2, 0.25) is 0 Å². The van der Waals surface area contributed by atoms with E-state index in [0.29, 0.717) is 0 Å². The molecule has 0 aromatic carbocycles. The summed E-state index contributed by atoms with van der Waals surface area (Å²) in [5.74, 6) is 0. The van der Waals surface area contributed by atoms with Crippen LogP contribution in [0.15, 0.2) is 10.9 Å². The summed E-state index contributed by atoms with van der Waals surface area (Å²) < 4.78 is 7.05. The topological polar surface area (TPSA) is 44.1 Å². The largest absolute Gasteiger partial charge is 0.356 e. The van der Waals surface area contributed by atoms with Crippen LogP contribution in [0.3, 0.4) is 0 Å². The molecule has 1 unspecified atom stereocenters. The lowest BCUT2D eigenvalue weighted by Gasteiger charge is -2.23. The van der Waals surface area contributed by atoms with E-state index in [9.17, 15) is 4.79 Å². The van der Waals surface area contributed by atoms with Gasteiger partial charge in [0.2, 0.25) is 0 Å². The highest BCUT2D eigenvalue weighted by atomic mass is 16.5. The summed E-state index contributed by atoms with van der Waals surface area (Å²) >= 11 is 0. The van der Waals surface area contributed by atoms with Gasteiger partial charge in [0.15, 0.2) is 6.23 Å². The Balaban J connectivity index is 2.38. The normalized spacial score (nSPS) is 21.6. The van der Waals surface area contributed by atoms with E-state index in [2.05, 4.69) is 5.10 Å². The Labute approximate surface area is 88.9 Å². The summed E-state index contributed by atoms with van der Waals surface area (Å²) in [6, 6.07) is 1.81. The van der Waals surface area contributed by atoms with Crippen LogP contribution in [-0.2, 0) is 4.74 Å². The van der Waals surface area contributed by atoms with Crippen LogP contribution < -0.4 is 5.56 Å². The molecule has 1 aromatic rings. The molecule has 2 heterocycles. The maximum Gasteiger partial charge on any atom is 0.272 e. The highest BCUT2D eigenvalue weighted by Crippen LogP contribution is 2.20. The molecule has 0 N–H and O–H groups in total. The van der Waals surface area contributed by atoms with Gasteiger partial charge in [0.05, 0.1) is 5.69 Å². The lowest BCUT2D eigenvalue weighted by atomic mass is 10.2. The van der Waals surface area contributed by atoms with Gasteiger partial charge < -0.3 is 4.74 Å². The number of ether oxygens (including phenoxy) is 1. The van der Waals surface area contributed by atoms with Crippen LogP contribution in [0.1, 0.15) is 36.7 Å². The average Bonchev–Trinajstić information content (AvgIpc) is 2.24. The molecule has 0 saturated carbocycles. The van der Waals surface area contributed by atoms with Gasteiger partial charge in [-0.05, 0) is 39.2 Å². The predicted molar refractivity (Wildman–Crippen MR) is 56.8 cm³/mol. The van der Waals surface area contributed by atoms with E-state index >= 15 is 0 Å². The first-order valence-corrected chi connectivity index (χ1v) is 5.37. The van der Waals surface area contributed by atoms with E-state index in [4.69, 9.17) is 4.74 Å². The Morgan fingerprint density at radius 3 is 2.93 bits per heavy atom. The molecule has 0 bridgehead atoms. The summed E-state index contributed by atoms with van der Waals surface area (Å²) in [4.78, 5) is 11.8. The van der Waals surface area contributed by atoms with E-state index in [-0.39, 0.29) is 11.8 Å². The van der Waals surface area contributed by atoms with Gasteiger partial charge in [0, 0.05) is 12.2 Å². The average molecular weight is 208 g/mol. The van der Waals surface area contributed by atoms with Crippen molar-refractivity contribution in [1.29, 1.82) is 0 Å². The molecule has 4 heteroatoms. The molecular weight excluding hydrogens is 192 g/mol. The lowest BCUT2D eigenvalue weighted by molar-refractivity contribution is -0.0428. The number of rotatable bonds is 1. The molecule has 1 aliphatic rings. The third-order valence-electron chi connectivity index (χ3n) is 2.66. The second kappa shape index (κ2) is 4.14. The van der Waals surface area contributed by atoms with Crippen molar-refractivity contribution >= 4 is 0 Å². The van der Waals surface area contributed by atoms with Gasteiger partial charge in [0.25, 0.3) is 5.56 Å². The molecule has 0 aliphatic carbocycles. The van der Waals surface area contributed by atoms with Crippen molar-refractivity contribution in [3.63, 3.8) is 0 Å². The Hall–Kier alpha value is -1.16. The number of hydrogen-bond donors (Lipinski definition) is 0. The molecule has 15 heavy (non-hydrogen) atoms. The minimum Gasteiger partial charge on any atom is -0.356 e. The summed E-state index contributed by atoms with van der Waals surface area (Å²) in [5, 5.41) is 4.24. The molecule has 0 radical (unpaired) electrons. The fraction of sp³-hybridized carbons (Fsp3) is 0.636. The van der Waals surface area contributed by atoms with E-state index < -0.39 is 0 Å². The fourth-order valence-corrected chi connectivity index (χ4v) is 1.91. The maximum absolute atomic E-state index is 11.8. The highest BCUT2D eigenvalue weighted by Gasteiger charge is 2.18. The van der Waals surface area contributed by atoms with Gasteiger partial charge in [-0.1, -0.05) is 0 Å². The Kier molecular flexibility index (Phi) is 2.86. The van der Waals surface area contributed by atoms with Gasteiger partial charge in [-0.2, -0.15) is 5.10 Å². The smallest absolute Gasteiger partial charge is 0.272 e. The summed E-state index contributed by atoms with van der Waals surface area (Å²) in [5.41, 5.74) is 1.56. The molecule has 1 aromatic heterocycles. The molecule has 0 amide bonds. The minimum absolute atomic E-state index is 0.0347. The van der Waals surface area contributed by atoms with Crippen LogP contribution >= 0.6 is 0 Å². The van der Waals surface area contributed by atoms with Gasteiger partial charge in [-0.15, -0.1) is 0 Å². The summed E-state index contributed by atoms with van der Waals surface area (Å²) in [6.07, 6.45) is 2.90. The van der Waals surface area contributed by atoms with Crippen molar-refractivity contribution in [1.82, 2.24) is 9.78 Å². The molecule has 1 fully saturated rings. The first kappa shape index (κ1) is 10.4. The SMILES string of the molecule is Cc1cc(C)c(=O)n(C2CCCCO2)n1. The Morgan fingerprint density at radius 2 is 2.27 bits per heavy atom. The van der Waals surface area contributed by atoms with Gasteiger partial charge in [-0.25, -0.2) is 4.68 Å². The number of aryl methyl sites for hydroxylation is 2. The molecule has 1 aliphatic heterocycles. The van der Waals surface area contributed by atoms with Crippen LogP contribution in [0, 0.1) is 13.8 Å². The molecule has 0 spiro atoms. The van der Waals surface area contributed by atoms with Gasteiger partial charge in [0.1, 0.15) is 0 Å². The standard InChI is InChI=1S/C11H16N2O2/c1-8-7-9(2)12-13(11(8)14)10-5-3-4-6-15-10/h7,10H,3-6H2,1-2H3. The van der Waals surface area contributed by atoms with Crippen molar-refractivity contribution in [3.8, 4) is 0 Å². The molecular formula is C11H16N2O2. The van der Waals surface area contributed by atoms with E-state index in [0.717, 1.165) is 37.1 Å². The number of aromatic nitrogens is 2. The van der Waals surface area contributed by atoms with Crippen molar-refractivity contribution in [2.45, 2.75) is 39.3 Å². The first-order chi connectivity index (χ1) is 7.18. The van der Waals surface area contributed by atoms with Crippen LogP contribution in [0.25, 0.3) is 0 Å². The van der Waals surface area contributed by atoms with Crippen molar-refractivity contribution in [2.75, 3.05) is 6.61 Å². The van der Waals surface area contributed by atoms with Crippen molar-refractivity contribution < 1.29 is 4.74 Å². The molecule has 2 rings (SSSR count). The van der Waals surface area contributed by atoms with Gasteiger partial charge >= 0.3 is 0 Å². The van der Waals surface area contributed by atoms with Gasteiger partial charge in [-0.3, -0.25) is 4.79 Å². The lowest BCUT2D eigenvalue weighted by Crippen LogP contribution is -2.32. The Morgan fingerprint density at radius 1 is 1.47 bits per heavy atom. The molecule has 1 atom stereocenters. The Bertz CT molecular complexity index is 406. The minimum atomic E-state index is -0.162. The van der Waals surface area contributed by atoms with Crippen molar-refractivity contribution in [3.05, 3.63) is 27.7 Å². The summed E-state index contributed by atoms with van der Waals surface area (Å²) in [7, 11) is 0. The second-order valence-corrected chi connectivity index (χ2v) is 4.04. The summed E-state index contributed by atoms with van der Waals surface area (Å²) in [6.45, 7) is 4.44. The predicted octanol–water partition coefficient (Wildman–Crippen LogP) is 1.56. The van der Waals surface area contributed by atoms with Crippen LogP contribution in [0.5, 0.6) is 0 Å². The van der Waals surface area contributed by atoms with E-state index in [1.807, 2.05) is 19.9 Å². The highest BCUT2D eigenvalue weighted by molar-refractivity contribution is 5.10. The number of hydrogen-bond acceptors (Lipinski definition) is 3. The molecule has 4 nitrogen and oxygen atoms in total. The first-order valence-electron chi connectivity index (χ1n) is 5.37. The third-order valence-corrected chi connectivity index (χ3v) is 2.66. The maximum atomic E-state index is 11.8. The van der Waals surface area contributed by atoms with E-state index in [1.165, 1.54) is 4.68 Å². The number of nitrogens with zero attached hydrogens (tertiary/aromatic N) is 2. The van der Waals surface area contributed by atoms with Crippen LogP contribution in [0.4, 0.5) is 0 Å². The third kappa shape index (κ3) is 2.09. The quantitative estimate of drug-likeness (QED) is 0.703. The van der Waals surface area contributed by atoms with Crippen molar-refractivity contribution in [2.24, 2.45) is 0 Å². The zero-order chi connectivity index (χ0) is 10.8. The second-order valence-electron chi connectivity index (χ2n) is 4.04. The van der Waals surface area contributed by atoms with E-state index in [1.54, 1.807) is 0 Å². The van der Waals surface area contributed by atoms with Crippen LogP contribution in [-0.4, -0.2) is 16.4 Å². The zero-order valence-electron chi connectivity index (χ0n) is 9.19. The molecule has 1 saturated heterocycles. The molecule has 82 valence electrons. The zero-order valence-corrected chi connectivity index (χ0v) is 9.19. The fourth-order valence-electron chi connectivity index (χ4n) is 1.91.